The summed E-state index contributed by atoms with van der Waals surface area (Å²) in [6.45, 7) is 1.33. The zero-order chi connectivity index (χ0) is 14.7. The summed E-state index contributed by atoms with van der Waals surface area (Å²) < 4.78 is 18.9. The summed E-state index contributed by atoms with van der Waals surface area (Å²) in [7, 11) is 0. The molecule has 0 aliphatic heterocycles. The molecule has 4 heteroatoms. The summed E-state index contributed by atoms with van der Waals surface area (Å²) >= 11 is 5.64. The molecule has 2 nitrogen and oxygen atoms in total. The predicted octanol–water partition coefficient (Wildman–Crippen LogP) is 4.31. The summed E-state index contributed by atoms with van der Waals surface area (Å²) in [5.74, 6) is 0.0204. The van der Waals surface area contributed by atoms with Crippen LogP contribution >= 0.6 is 11.6 Å². The van der Waals surface area contributed by atoms with E-state index in [4.69, 9.17) is 16.3 Å². The Morgan fingerprint density at radius 2 is 1.81 bits per heavy atom. The molecule has 0 bridgehead atoms. The molecule has 0 amide bonds. The predicted molar refractivity (Wildman–Crippen MR) is 82.0 cm³/mol. The van der Waals surface area contributed by atoms with Gasteiger partial charge in [-0.05, 0) is 36.1 Å². The van der Waals surface area contributed by atoms with Crippen LogP contribution < -0.4 is 10.1 Å². The standard InChI is InChI=1S/C17H17ClFNO/c18-16-8-7-15(9-17(16)19)21-11-13-3-1-12(2-4-13)10-20-14-5-6-14/h1-4,7-9,14,20H,5-6,10-11H2. The average Bonchev–Trinajstić information content (AvgIpc) is 3.32. The lowest BCUT2D eigenvalue weighted by Gasteiger charge is -2.08. The van der Waals surface area contributed by atoms with Crippen LogP contribution in [0.1, 0.15) is 24.0 Å². The van der Waals surface area contributed by atoms with Gasteiger partial charge in [0.05, 0.1) is 5.02 Å². The van der Waals surface area contributed by atoms with Crippen LogP contribution in [0.25, 0.3) is 0 Å². The van der Waals surface area contributed by atoms with Gasteiger partial charge in [-0.1, -0.05) is 35.9 Å². The monoisotopic (exact) mass is 305 g/mol. The molecule has 1 fully saturated rings. The molecule has 0 spiro atoms. The van der Waals surface area contributed by atoms with Crippen LogP contribution in [0.2, 0.25) is 5.02 Å². The first kappa shape index (κ1) is 14.4. The van der Waals surface area contributed by atoms with E-state index in [0.29, 0.717) is 18.4 Å². The van der Waals surface area contributed by atoms with Gasteiger partial charge in [0.2, 0.25) is 0 Å². The number of benzene rings is 2. The molecule has 0 aromatic heterocycles. The first-order valence-corrected chi connectivity index (χ1v) is 7.47. The third-order valence-electron chi connectivity index (χ3n) is 3.49. The van der Waals surface area contributed by atoms with E-state index in [2.05, 4.69) is 17.4 Å². The maximum atomic E-state index is 13.3. The highest BCUT2D eigenvalue weighted by atomic mass is 35.5. The smallest absolute Gasteiger partial charge is 0.145 e. The number of hydrogen-bond donors (Lipinski definition) is 1. The highest BCUT2D eigenvalue weighted by Crippen LogP contribution is 2.21. The Labute approximate surface area is 128 Å². The van der Waals surface area contributed by atoms with Gasteiger partial charge in [-0.2, -0.15) is 0 Å². The first-order valence-electron chi connectivity index (χ1n) is 7.10. The molecule has 3 rings (SSSR count). The summed E-state index contributed by atoms with van der Waals surface area (Å²) in [6, 6.07) is 13.4. The van der Waals surface area contributed by atoms with Gasteiger partial charge in [-0.25, -0.2) is 4.39 Å². The van der Waals surface area contributed by atoms with Gasteiger partial charge < -0.3 is 10.1 Å². The number of ether oxygens (including phenoxy) is 1. The van der Waals surface area contributed by atoms with Gasteiger partial charge in [-0.3, -0.25) is 0 Å². The largest absolute Gasteiger partial charge is 0.489 e. The van der Waals surface area contributed by atoms with E-state index < -0.39 is 5.82 Å². The third-order valence-corrected chi connectivity index (χ3v) is 3.80. The van der Waals surface area contributed by atoms with Crippen molar-refractivity contribution in [3.05, 3.63) is 64.4 Å². The Kier molecular flexibility index (Phi) is 4.42. The molecule has 0 saturated heterocycles. The van der Waals surface area contributed by atoms with Crippen LogP contribution in [0, 0.1) is 5.82 Å². The maximum Gasteiger partial charge on any atom is 0.145 e. The van der Waals surface area contributed by atoms with Crippen LogP contribution in [-0.2, 0) is 13.2 Å². The van der Waals surface area contributed by atoms with Crippen molar-refractivity contribution in [2.45, 2.75) is 32.0 Å². The summed E-state index contributed by atoms with van der Waals surface area (Å²) in [5.41, 5.74) is 2.32. The summed E-state index contributed by atoms with van der Waals surface area (Å²) in [6.07, 6.45) is 2.59. The Balaban J connectivity index is 1.53. The molecule has 0 heterocycles. The van der Waals surface area contributed by atoms with Gasteiger partial charge in [0, 0.05) is 18.7 Å². The molecule has 0 atom stereocenters. The van der Waals surface area contributed by atoms with Gasteiger partial charge in [0.25, 0.3) is 0 Å². The minimum absolute atomic E-state index is 0.106. The SMILES string of the molecule is Fc1cc(OCc2ccc(CNC3CC3)cc2)ccc1Cl. The molecule has 2 aromatic carbocycles. The number of halogens is 2. The van der Waals surface area contributed by atoms with Gasteiger partial charge in [0.1, 0.15) is 18.2 Å². The Morgan fingerprint density at radius 3 is 2.48 bits per heavy atom. The van der Waals surface area contributed by atoms with Crippen LogP contribution in [0.15, 0.2) is 42.5 Å². The summed E-state index contributed by atoms with van der Waals surface area (Å²) in [5, 5.41) is 3.58. The fourth-order valence-electron chi connectivity index (χ4n) is 2.04. The van der Waals surface area contributed by atoms with E-state index in [1.807, 2.05) is 12.1 Å². The van der Waals surface area contributed by atoms with E-state index in [1.54, 1.807) is 6.07 Å². The molecule has 2 aromatic rings. The molecule has 0 radical (unpaired) electrons. The molecular weight excluding hydrogens is 289 g/mol. The van der Waals surface area contributed by atoms with Crippen molar-refractivity contribution >= 4 is 11.6 Å². The average molecular weight is 306 g/mol. The van der Waals surface area contributed by atoms with Crippen molar-refractivity contribution in [2.75, 3.05) is 0 Å². The van der Waals surface area contributed by atoms with E-state index in [9.17, 15) is 4.39 Å². The van der Waals surface area contributed by atoms with Crippen LogP contribution in [0.5, 0.6) is 5.75 Å². The lowest BCUT2D eigenvalue weighted by Crippen LogP contribution is -2.15. The fourth-order valence-corrected chi connectivity index (χ4v) is 2.15. The molecule has 0 unspecified atom stereocenters. The Bertz CT molecular complexity index is 611. The Morgan fingerprint density at radius 1 is 1.10 bits per heavy atom. The quantitative estimate of drug-likeness (QED) is 0.858. The van der Waals surface area contributed by atoms with Crippen molar-refractivity contribution in [1.29, 1.82) is 0 Å². The van der Waals surface area contributed by atoms with Gasteiger partial charge >= 0.3 is 0 Å². The second-order valence-corrected chi connectivity index (χ2v) is 5.74. The van der Waals surface area contributed by atoms with Crippen LogP contribution in [-0.4, -0.2) is 6.04 Å². The van der Waals surface area contributed by atoms with Crippen LogP contribution in [0.3, 0.4) is 0 Å². The van der Waals surface area contributed by atoms with Gasteiger partial charge in [-0.15, -0.1) is 0 Å². The third kappa shape index (κ3) is 4.19. The molecule has 21 heavy (non-hydrogen) atoms. The van der Waals surface area contributed by atoms with Gasteiger partial charge in [0.15, 0.2) is 0 Å². The van der Waals surface area contributed by atoms with E-state index >= 15 is 0 Å². The maximum absolute atomic E-state index is 13.3. The lowest BCUT2D eigenvalue weighted by molar-refractivity contribution is 0.304. The molecule has 1 saturated carbocycles. The minimum atomic E-state index is -0.462. The number of nitrogens with one attached hydrogen (secondary N) is 1. The van der Waals surface area contributed by atoms with Crippen molar-refractivity contribution in [2.24, 2.45) is 0 Å². The fraction of sp³-hybridized carbons (Fsp3) is 0.294. The highest BCUT2D eigenvalue weighted by molar-refractivity contribution is 6.30. The molecular formula is C17H17ClFNO. The topological polar surface area (TPSA) is 21.3 Å². The number of rotatable bonds is 6. The molecule has 110 valence electrons. The second kappa shape index (κ2) is 6.46. The molecule has 1 aliphatic rings. The molecule has 1 aliphatic carbocycles. The minimum Gasteiger partial charge on any atom is -0.489 e. The Hall–Kier alpha value is -1.58. The zero-order valence-electron chi connectivity index (χ0n) is 11.6. The first-order chi connectivity index (χ1) is 10.2. The highest BCUT2D eigenvalue weighted by Gasteiger charge is 2.19. The van der Waals surface area contributed by atoms with Crippen molar-refractivity contribution in [3.63, 3.8) is 0 Å². The van der Waals surface area contributed by atoms with E-state index in [1.165, 1.54) is 30.5 Å². The van der Waals surface area contributed by atoms with Crippen molar-refractivity contribution in [1.82, 2.24) is 5.32 Å². The second-order valence-electron chi connectivity index (χ2n) is 5.34. The van der Waals surface area contributed by atoms with E-state index in [-0.39, 0.29) is 5.02 Å². The summed E-state index contributed by atoms with van der Waals surface area (Å²) in [4.78, 5) is 0. The molecule has 1 N–H and O–H groups in total. The normalized spacial score (nSPS) is 14.2. The zero-order valence-corrected chi connectivity index (χ0v) is 12.4. The van der Waals surface area contributed by atoms with Crippen molar-refractivity contribution in [3.8, 4) is 5.75 Å². The lowest BCUT2D eigenvalue weighted by atomic mass is 10.1. The van der Waals surface area contributed by atoms with E-state index in [0.717, 1.165) is 12.1 Å². The van der Waals surface area contributed by atoms with Crippen LogP contribution in [0.4, 0.5) is 4.39 Å². The van der Waals surface area contributed by atoms with Crippen molar-refractivity contribution < 1.29 is 9.13 Å². The number of hydrogen-bond acceptors (Lipinski definition) is 2.